The first-order chi connectivity index (χ1) is 17.1. The Morgan fingerprint density at radius 1 is 1.17 bits per heavy atom. The van der Waals surface area contributed by atoms with Crippen LogP contribution in [-0.2, 0) is 17.8 Å². The number of halogens is 1. The van der Waals surface area contributed by atoms with E-state index < -0.39 is 0 Å². The topological polar surface area (TPSA) is 67.5 Å². The number of ether oxygens (including phenoxy) is 2. The molecule has 6 nitrogen and oxygen atoms in total. The van der Waals surface area contributed by atoms with Crippen LogP contribution in [0.3, 0.4) is 0 Å². The second-order valence-electron chi connectivity index (χ2n) is 8.99. The zero-order valence-corrected chi connectivity index (χ0v) is 20.4. The third kappa shape index (κ3) is 5.50. The van der Waals surface area contributed by atoms with E-state index in [2.05, 4.69) is 9.97 Å². The van der Waals surface area contributed by atoms with Crippen LogP contribution in [0.4, 0.5) is 0 Å². The molecule has 1 aliphatic heterocycles. The first kappa shape index (κ1) is 23.4. The summed E-state index contributed by atoms with van der Waals surface area (Å²) in [6.07, 6.45) is 2.77. The Morgan fingerprint density at radius 2 is 2.09 bits per heavy atom. The van der Waals surface area contributed by atoms with E-state index in [1.807, 2.05) is 72.5 Å². The van der Waals surface area contributed by atoms with Gasteiger partial charge in [-0.15, -0.1) is 0 Å². The van der Waals surface area contributed by atoms with Gasteiger partial charge >= 0.3 is 0 Å². The Kier molecular flexibility index (Phi) is 7.02. The summed E-state index contributed by atoms with van der Waals surface area (Å²) >= 11 is 6.20. The number of nitrogens with zero attached hydrogens (tertiary/aromatic N) is 2. The van der Waals surface area contributed by atoms with E-state index in [9.17, 15) is 4.79 Å². The molecular weight excluding hydrogens is 462 g/mol. The molecule has 3 heterocycles. The summed E-state index contributed by atoms with van der Waals surface area (Å²) in [7, 11) is 0. The van der Waals surface area contributed by atoms with Gasteiger partial charge < -0.3 is 19.4 Å². The van der Waals surface area contributed by atoms with Gasteiger partial charge in [0.15, 0.2) is 0 Å². The summed E-state index contributed by atoms with van der Waals surface area (Å²) in [5, 5.41) is 1.59. The van der Waals surface area contributed by atoms with Gasteiger partial charge in [0.05, 0.1) is 25.5 Å². The maximum atomic E-state index is 13.8. The molecule has 1 atom stereocenters. The SMILES string of the molecule is Cc1c(C(=O)N(Cc2cccc(OC[C@@H]3CCOC3)c2)Cc2ccccn2)[nH]c2ccc(Cl)cc12. The molecule has 0 spiro atoms. The molecule has 0 aliphatic carbocycles. The highest BCUT2D eigenvalue weighted by molar-refractivity contribution is 6.31. The minimum Gasteiger partial charge on any atom is -0.493 e. The van der Waals surface area contributed by atoms with Crippen LogP contribution in [0.25, 0.3) is 10.9 Å². The van der Waals surface area contributed by atoms with Crippen molar-refractivity contribution in [1.82, 2.24) is 14.9 Å². The molecular formula is C28H28ClN3O3. The third-order valence-corrected chi connectivity index (χ3v) is 6.62. The predicted molar refractivity (Wildman–Crippen MR) is 137 cm³/mol. The molecule has 1 fully saturated rings. The lowest BCUT2D eigenvalue weighted by molar-refractivity contribution is 0.0722. The van der Waals surface area contributed by atoms with Gasteiger partial charge in [-0.1, -0.05) is 29.8 Å². The Labute approximate surface area is 209 Å². The number of amides is 1. The molecule has 2 aromatic carbocycles. The molecule has 7 heteroatoms. The number of carbonyl (C=O) groups excluding carboxylic acids is 1. The molecule has 180 valence electrons. The minimum absolute atomic E-state index is 0.0881. The number of fused-ring (bicyclic) bond motifs is 1. The monoisotopic (exact) mass is 489 g/mol. The van der Waals surface area contributed by atoms with Crippen molar-refractivity contribution in [2.45, 2.75) is 26.4 Å². The second kappa shape index (κ2) is 10.5. The van der Waals surface area contributed by atoms with Crippen molar-refractivity contribution in [3.05, 3.63) is 94.4 Å². The standard InChI is InChI=1S/C28H28ClN3O3/c1-19-25-14-22(29)8-9-26(25)31-27(19)28(33)32(16-23-6-2-3-11-30-23)15-20-5-4-7-24(13-20)35-18-21-10-12-34-17-21/h2-9,11,13-14,21,31H,10,12,15-18H2,1H3/t21-/m1/s1. The molecule has 0 radical (unpaired) electrons. The number of nitrogens with one attached hydrogen (secondary N) is 1. The molecule has 0 unspecified atom stereocenters. The number of hydrogen-bond acceptors (Lipinski definition) is 4. The van der Waals surface area contributed by atoms with Gasteiger partial charge in [-0.2, -0.15) is 0 Å². The molecule has 0 saturated carbocycles. The summed E-state index contributed by atoms with van der Waals surface area (Å²) in [5.41, 5.74) is 4.15. The smallest absolute Gasteiger partial charge is 0.271 e. The van der Waals surface area contributed by atoms with Crippen LogP contribution in [0.15, 0.2) is 66.9 Å². The highest BCUT2D eigenvalue weighted by atomic mass is 35.5. The lowest BCUT2D eigenvalue weighted by atomic mass is 10.1. The highest BCUT2D eigenvalue weighted by Gasteiger charge is 2.23. The molecule has 1 N–H and O–H groups in total. The van der Waals surface area contributed by atoms with Crippen LogP contribution in [0.2, 0.25) is 5.02 Å². The van der Waals surface area contributed by atoms with Gasteiger partial charge in [0.25, 0.3) is 5.91 Å². The number of carbonyl (C=O) groups is 1. The number of rotatable bonds is 8. The van der Waals surface area contributed by atoms with Crippen LogP contribution in [-0.4, -0.2) is 40.6 Å². The van der Waals surface area contributed by atoms with E-state index in [0.29, 0.717) is 36.3 Å². The molecule has 1 aliphatic rings. The average Bonchev–Trinajstić information content (AvgIpc) is 3.51. The number of hydrogen-bond donors (Lipinski definition) is 1. The highest BCUT2D eigenvalue weighted by Crippen LogP contribution is 2.27. The number of benzene rings is 2. The predicted octanol–water partition coefficient (Wildman–Crippen LogP) is 5.78. The fraction of sp³-hybridized carbons (Fsp3) is 0.286. The zero-order valence-electron chi connectivity index (χ0n) is 19.7. The largest absolute Gasteiger partial charge is 0.493 e. The lowest BCUT2D eigenvalue weighted by Gasteiger charge is -2.23. The molecule has 1 amide bonds. The number of pyridine rings is 1. The maximum absolute atomic E-state index is 13.8. The molecule has 4 aromatic rings. The van der Waals surface area contributed by atoms with Crippen LogP contribution in [0.1, 0.15) is 33.7 Å². The lowest BCUT2D eigenvalue weighted by Crippen LogP contribution is -2.31. The summed E-state index contributed by atoms with van der Waals surface area (Å²) in [6, 6.07) is 19.3. The Morgan fingerprint density at radius 3 is 2.89 bits per heavy atom. The Hall–Kier alpha value is -3.35. The zero-order chi connectivity index (χ0) is 24.2. The summed E-state index contributed by atoms with van der Waals surface area (Å²) in [6.45, 7) is 4.95. The second-order valence-corrected chi connectivity index (χ2v) is 9.42. The Bertz CT molecular complexity index is 1320. The van der Waals surface area contributed by atoms with E-state index in [4.69, 9.17) is 21.1 Å². The van der Waals surface area contributed by atoms with Crippen LogP contribution in [0.5, 0.6) is 5.75 Å². The van der Waals surface area contributed by atoms with Gasteiger partial charge in [0, 0.05) is 41.2 Å². The number of H-pyrrole nitrogens is 1. The fourth-order valence-corrected chi connectivity index (χ4v) is 4.61. The summed E-state index contributed by atoms with van der Waals surface area (Å²) < 4.78 is 11.5. The van der Waals surface area contributed by atoms with Gasteiger partial charge in [-0.25, -0.2) is 0 Å². The van der Waals surface area contributed by atoms with E-state index in [1.165, 1.54) is 0 Å². The first-order valence-corrected chi connectivity index (χ1v) is 12.2. The van der Waals surface area contributed by atoms with E-state index in [-0.39, 0.29) is 5.91 Å². The molecule has 5 rings (SSSR count). The van der Waals surface area contributed by atoms with Crippen molar-refractivity contribution in [3.8, 4) is 5.75 Å². The van der Waals surface area contributed by atoms with Crippen molar-refractivity contribution in [1.29, 1.82) is 0 Å². The number of aryl methyl sites for hydroxylation is 1. The van der Waals surface area contributed by atoms with E-state index in [1.54, 1.807) is 6.20 Å². The molecule has 0 bridgehead atoms. The molecule has 35 heavy (non-hydrogen) atoms. The number of aromatic amines is 1. The Balaban J connectivity index is 1.40. The van der Waals surface area contributed by atoms with Gasteiger partial charge in [-0.05, 0) is 66.9 Å². The van der Waals surface area contributed by atoms with Crippen molar-refractivity contribution >= 4 is 28.4 Å². The summed E-state index contributed by atoms with van der Waals surface area (Å²) in [4.78, 5) is 23.4. The van der Waals surface area contributed by atoms with E-state index >= 15 is 0 Å². The van der Waals surface area contributed by atoms with E-state index in [0.717, 1.165) is 53.1 Å². The normalized spacial score (nSPS) is 15.4. The van der Waals surface area contributed by atoms with Crippen LogP contribution >= 0.6 is 11.6 Å². The van der Waals surface area contributed by atoms with Crippen molar-refractivity contribution in [2.75, 3.05) is 19.8 Å². The summed E-state index contributed by atoms with van der Waals surface area (Å²) in [5.74, 6) is 1.14. The van der Waals surface area contributed by atoms with Crippen LogP contribution < -0.4 is 4.74 Å². The van der Waals surface area contributed by atoms with Gasteiger partial charge in [-0.3, -0.25) is 9.78 Å². The van der Waals surface area contributed by atoms with Crippen molar-refractivity contribution in [3.63, 3.8) is 0 Å². The van der Waals surface area contributed by atoms with Crippen molar-refractivity contribution in [2.24, 2.45) is 5.92 Å². The first-order valence-electron chi connectivity index (χ1n) is 11.8. The quantitative estimate of drug-likeness (QED) is 0.340. The van der Waals surface area contributed by atoms with Crippen LogP contribution in [0, 0.1) is 12.8 Å². The maximum Gasteiger partial charge on any atom is 0.271 e. The molecule has 2 aromatic heterocycles. The third-order valence-electron chi connectivity index (χ3n) is 6.38. The fourth-order valence-electron chi connectivity index (χ4n) is 4.44. The minimum atomic E-state index is -0.0881. The molecule has 1 saturated heterocycles. The van der Waals surface area contributed by atoms with Crippen molar-refractivity contribution < 1.29 is 14.3 Å². The van der Waals surface area contributed by atoms with Gasteiger partial charge in [0.1, 0.15) is 11.4 Å². The van der Waals surface area contributed by atoms with Gasteiger partial charge in [0.2, 0.25) is 0 Å². The number of aromatic nitrogens is 2. The average molecular weight is 490 g/mol.